The first-order valence-corrected chi connectivity index (χ1v) is 19.2. The topological polar surface area (TPSA) is 176 Å². The summed E-state index contributed by atoms with van der Waals surface area (Å²) in [6, 6.07) is 7.17. The Balaban J connectivity index is 0.862. The van der Waals surface area contributed by atoms with E-state index in [0.717, 1.165) is 17.5 Å². The van der Waals surface area contributed by atoms with Crippen LogP contribution in [0.15, 0.2) is 55.1 Å². The number of hydrogen-bond acceptors (Lipinski definition) is 10. The molecule has 0 aliphatic carbocycles. The van der Waals surface area contributed by atoms with Gasteiger partial charge >= 0.3 is 0 Å². The summed E-state index contributed by atoms with van der Waals surface area (Å²) in [5, 5.41) is 26.5. The number of ether oxygens (including phenoxy) is 1. The van der Waals surface area contributed by atoms with Crippen molar-refractivity contribution in [2.45, 2.75) is 82.5 Å². The van der Waals surface area contributed by atoms with Crippen LogP contribution in [0.2, 0.25) is 0 Å². The fourth-order valence-corrected chi connectivity index (χ4v) is 8.00. The number of benzene rings is 2. The highest BCUT2D eigenvalue weighted by molar-refractivity contribution is 6.02. The standard InChI is InChI=1S/C40H43F2N9O6/c1-23(2)57-34-19-31-24(22-51(47-31)33-21-44-50-11-3-10-43-37(33)50)16-28(34)39(55)45-25-6-12-49(13-7-25)36(53)20-40(56)8-14-48(15-9-40)32-18-29(41)27(17-30(32)42)26-4-5-35(52)46-38(26)54/h3,10-11,16-19,21-23,25-26,56H,4-9,12-15,20H2,1-2H3,(H,45,55)(H,46,52,54). The van der Waals surface area contributed by atoms with E-state index in [1.165, 1.54) is 0 Å². The van der Waals surface area contributed by atoms with E-state index in [9.17, 15) is 24.3 Å². The molecular weight excluding hydrogens is 740 g/mol. The summed E-state index contributed by atoms with van der Waals surface area (Å²) in [6.45, 7) is 4.94. The summed E-state index contributed by atoms with van der Waals surface area (Å²) in [5.74, 6) is -3.60. The Morgan fingerprint density at radius 1 is 1.04 bits per heavy atom. The maximum absolute atomic E-state index is 15.3. The van der Waals surface area contributed by atoms with Crippen LogP contribution in [0.1, 0.15) is 80.6 Å². The molecular formula is C40H43F2N9O6. The molecule has 0 radical (unpaired) electrons. The van der Waals surface area contributed by atoms with Crippen molar-refractivity contribution in [2.24, 2.45) is 0 Å². The average Bonchev–Trinajstić information content (AvgIpc) is 3.80. The fourth-order valence-electron chi connectivity index (χ4n) is 8.00. The van der Waals surface area contributed by atoms with Crippen LogP contribution in [-0.2, 0) is 14.4 Å². The fraction of sp³-hybridized carbons (Fsp3) is 0.425. The van der Waals surface area contributed by atoms with Gasteiger partial charge in [-0.25, -0.2) is 23.0 Å². The van der Waals surface area contributed by atoms with Crippen molar-refractivity contribution >= 4 is 45.9 Å². The summed E-state index contributed by atoms with van der Waals surface area (Å²) in [4.78, 5) is 58.6. The van der Waals surface area contributed by atoms with Crippen molar-refractivity contribution in [3.63, 3.8) is 0 Å². The Morgan fingerprint density at radius 3 is 2.54 bits per heavy atom. The third kappa shape index (κ3) is 7.75. The van der Waals surface area contributed by atoms with Gasteiger partial charge in [0.2, 0.25) is 17.7 Å². The number of amides is 4. The van der Waals surface area contributed by atoms with E-state index >= 15 is 8.78 Å². The van der Waals surface area contributed by atoms with Gasteiger partial charge < -0.3 is 25.0 Å². The van der Waals surface area contributed by atoms with Gasteiger partial charge in [-0.1, -0.05) is 0 Å². The molecule has 0 saturated carbocycles. The van der Waals surface area contributed by atoms with E-state index < -0.39 is 35.0 Å². The van der Waals surface area contributed by atoms with E-state index in [1.54, 1.807) is 55.8 Å². The van der Waals surface area contributed by atoms with Crippen LogP contribution >= 0.6 is 0 Å². The molecule has 3 N–H and O–H groups in total. The Morgan fingerprint density at radius 2 is 1.81 bits per heavy atom. The maximum Gasteiger partial charge on any atom is 0.255 e. The molecule has 17 heteroatoms. The molecule has 3 aromatic heterocycles. The third-order valence-electron chi connectivity index (χ3n) is 11.1. The zero-order valence-corrected chi connectivity index (χ0v) is 31.6. The number of hydrogen-bond donors (Lipinski definition) is 3. The van der Waals surface area contributed by atoms with E-state index in [0.29, 0.717) is 54.1 Å². The number of aliphatic hydroxyl groups is 1. The highest BCUT2D eigenvalue weighted by Gasteiger charge is 2.38. The summed E-state index contributed by atoms with van der Waals surface area (Å²) in [5.41, 5.74) is 0.922. The molecule has 0 spiro atoms. The number of nitrogens with zero attached hydrogens (tertiary/aromatic N) is 7. The lowest BCUT2D eigenvalue weighted by Gasteiger charge is -2.40. The first kappa shape index (κ1) is 37.9. The van der Waals surface area contributed by atoms with Crippen LogP contribution < -0.4 is 20.3 Å². The van der Waals surface area contributed by atoms with Crippen LogP contribution in [0.3, 0.4) is 0 Å². The molecule has 4 amide bonds. The van der Waals surface area contributed by atoms with Crippen LogP contribution in [0.25, 0.3) is 22.2 Å². The van der Waals surface area contributed by atoms with E-state index in [1.807, 2.05) is 20.0 Å². The number of carbonyl (C=O) groups excluding carboxylic acids is 4. The molecule has 0 bridgehead atoms. The van der Waals surface area contributed by atoms with Gasteiger partial charge in [0.15, 0.2) is 5.65 Å². The first-order valence-electron chi connectivity index (χ1n) is 19.2. The minimum atomic E-state index is -1.32. The van der Waals surface area contributed by atoms with Crippen LogP contribution in [-0.4, -0.2) is 102 Å². The molecule has 1 unspecified atom stereocenters. The number of aromatic nitrogens is 5. The third-order valence-corrected chi connectivity index (χ3v) is 11.1. The monoisotopic (exact) mass is 783 g/mol. The second kappa shape index (κ2) is 15.2. The Kier molecular flexibility index (Phi) is 10.1. The zero-order valence-electron chi connectivity index (χ0n) is 31.6. The smallest absolute Gasteiger partial charge is 0.255 e. The number of piperidine rings is 3. The first-order chi connectivity index (χ1) is 27.3. The predicted molar refractivity (Wildman–Crippen MR) is 203 cm³/mol. The van der Waals surface area contributed by atoms with Crippen LogP contribution in [0.5, 0.6) is 5.75 Å². The van der Waals surface area contributed by atoms with Crippen molar-refractivity contribution in [1.29, 1.82) is 0 Å². The lowest BCUT2D eigenvalue weighted by molar-refractivity contribution is -0.138. The van der Waals surface area contributed by atoms with E-state index in [-0.39, 0.29) is 80.4 Å². The summed E-state index contributed by atoms with van der Waals surface area (Å²) in [7, 11) is 0. The normalized spacial score (nSPS) is 19.0. The van der Waals surface area contributed by atoms with Gasteiger partial charge in [-0.05, 0) is 64.2 Å². The number of nitrogens with one attached hydrogen (secondary N) is 2. The number of imide groups is 1. The summed E-state index contributed by atoms with van der Waals surface area (Å²) < 4.78 is 39.8. The number of carbonyl (C=O) groups is 4. The molecule has 298 valence electrons. The molecule has 2 aromatic carbocycles. The van der Waals surface area contributed by atoms with Crippen LogP contribution in [0, 0.1) is 11.6 Å². The number of fused-ring (bicyclic) bond motifs is 2. The van der Waals surface area contributed by atoms with Gasteiger partial charge in [-0.2, -0.15) is 10.2 Å². The SMILES string of the molecule is CC(C)Oc1cc2nn(-c3cnn4cccnc34)cc2cc1C(=O)NC1CCN(C(=O)CC2(O)CCN(c3cc(F)c(C4CCC(=O)NC4=O)cc3F)CC2)CC1. The van der Waals surface area contributed by atoms with Gasteiger partial charge in [0.25, 0.3) is 5.91 Å². The average molecular weight is 784 g/mol. The highest BCUT2D eigenvalue weighted by Crippen LogP contribution is 2.35. The van der Waals surface area contributed by atoms with Gasteiger partial charge in [-0.3, -0.25) is 24.5 Å². The molecule has 1 atom stereocenters. The van der Waals surface area contributed by atoms with Gasteiger partial charge in [0.05, 0.1) is 47.0 Å². The lowest BCUT2D eigenvalue weighted by atomic mass is 9.86. The van der Waals surface area contributed by atoms with Crippen molar-refractivity contribution in [3.8, 4) is 11.4 Å². The minimum absolute atomic E-state index is 0.0138. The largest absolute Gasteiger partial charge is 0.490 e. The molecule has 3 saturated heterocycles. The molecule has 3 fully saturated rings. The molecule has 57 heavy (non-hydrogen) atoms. The predicted octanol–water partition coefficient (Wildman–Crippen LogP) is 3.80. The second-order valence-corrected chi connectivity index (χ2v) is 15.4. The summed E-state index contributed by atoms with van der Waals surface area (Å²) in [6.07, 6.45) is 8.18. The van der Waals surface area contributed by atoms with Crippen molar-refractivity contribution in [1.82, 2.24) is 39.9 Å². The van der Waals surface area contributed by atoms with Crippen LogP contribution in [0.4, 0.5) is 14.5 Å². The highest BCUT2D eigenvalue weighted by atomic mass is 19.1. The summed E-state index contributed by atoms with van der Waals surface area (Å²) >= 11 is 0. The molecule has 15 nitrogen and oxygen atoms in total. The Hall–Kier alpha value is -5.97. The molecule has 3 aliphatic rings. The maximum atomic E-state index is 15.3. The van der Waals surface area contributed by atoms with Gasteiger partial charge in [0.1, 0.15) is 23.1 Å². The van der Waals surface area contributed by atoms with E-state index in [2.05, 4.69) is 20.7 Å². The van der Waals surface area contributed by atoms with Crippen molar-refractivity contribution < 1.29 is 37.8 Å². The van der Waals surface area contributed by atoms with Crippen molar-refractivity contribution in [2.75, 3.05) is 31.1 Å². The number of halogens is 2. The van der Waals surface area contributed by atoms with E-state index in [4.69, 9.17) is 9.84 Å². The molecule has 3 aliphatic heterocycles. The zero-order chi connectivity index (χ0) is 40.0. The number of likely N-dealkylation sites (tertiary alicyclic amines) is 1. The lowest BCUT2D eigenvalue weighted by Crippen LogP contribution is -2.50. The van der Waals surface area contributed by atoms with Gasteiger partial charge in [0, 0.05) is 80.3 Å². The second-order valence-electron chi connectivity index (χ2n) is 15.4. The van der Waals surface area contributed by atoms with Gasteiger partial charge in [-0.15, -0.1) is 0 Å². The minimum Gasteiger partial charge on any atom is -0.490 e. The quantitative estimate of drug-likeness (QED) is 0.187. The Bertz CT molecular complexity index is 2380. The molecule has 5 aromatic rings. The number of anilines is 1. The Labute approximate surface area is 326 Å². The van der Waals surface area contributed by atoms with Crippen molar-refractivity contribution in [3.05, 3.63) is 77.9 Å². The molecule has 8 rings (SSSR count). The molecule has 6 heterocycles. The number of rotatable bonds is 9.